The largest absolute Gasteiger partial charge is 0.493 e. The Bertz CT molecular complexity index is 619. The van der Waals surface area contributed by atoms with Crippen LogP contribution in [0.5, 0.6) is 5.88 Å². The highest BCUT2D eigenvalue weighted by molar-refractivity contribution is 5.66. The number of aromatic nitrogens is 2. The Morgan fingerprint density at radius 1 is 0.786 bits per heavy atom. The molecule has 1 heterocycles. The van der Waals surface area contributed by atoms with Crippen LogP contribution in [-0.4, -0.2) is 25.3 Å². The van der Waals surface area contributed by atoms with E-state index < -0.39 is 5.97 Å². The minimum atomic E-state index is -0.754. The first-order chi connectivity index (χ1) is 13.5. The maximum Gasteiger partial charge on any atom is 0.331 e. The summed E-state index contributed by atoms with van der Waals surface area (Å²) in [7, 11) is 0. The minimum absolute atomic E-state index is 0.0996. The number of carbonyl (C=O) groups is 1. The van der Waals surface area contributed by atoms with Crippen molar-refractivity contribution in [3.8, 4) is 5.88 Å². The first-order valence-electron chi connectivity index (χ1n) is 11.3. The molecule has 1 aromatic rings. The van der Waals surface area contributed by atoms with Crippen LogP contribution in [0.2, 0.25) is 0 Å². The van der Waals surface area contributed by atoms with Crippen molar-refractivity contribution in [2.24, 2.45) is 0 Å². The van der Waals surface area contributed by atoms with Gasteiger partial charge in [0.05, 0.1) is 5.69 Å². The molecule has 0 atom stereocenters. The SMILES string of the molecule is CCCCCCCCc1c(O)n(CCCC)c(=O)n1CCCCCCC(=O)O. The molecule has 2 N–H and O–H groups in total. The zero-order chi connectivity index (χ0) is 20.8. The molecule has 0 aliphatic heterocycles. The average Bonchev–Trinajstić information content (AvgIpc) is 2.88. The lowest BCUT2D eigenvalue weighted by Gasteiger charge is -2.08. The Morgan fingerprint density at radius 3 is 2.04 bits per heavy atom. The lowest BCUT2D eigenvalue weighted by atomic mass is 10.1. The van der Waals surface area contributed by atoms with Crippen molar-refractivity contribution in [2.75, 3.05) is 0 Å². The van der Waals surface area contributed by atoms with Crippen molar-refractivity contribution >= 4 is 5.97 Å². The van der Waals surface area contributed by atoms with Gasteiger partial charge in [0.1, 0.15) is 0 Å². The lowest BCUT2D eigenvalue weighted by Crippen LogP contribution is -2.25. The molecule has 0 bridgehead atoms. The number of rotatable bonds is 17. The first-order valence-corrected chi connectivity index (χ1v) is 11.3. The van der Waals surface area contributed by atoms with Crippen molar-refractivity contribution in [3.63, 3.8) is 0 Å². The number of hydrogen-bond donors (Lipinski definition) is 2. The molecule has 6 heteroatoms. The predicted octanol–water partition coefficient (Wildman–Crippen LogP) is 5.09. The van der Waals surface area contributed by atoms with Gasteiger partial charge < -0.3 is 10.2 Å². The van der Waals surface area contributed by atoms with Crippen LogP contribution in [0.15, 0.2) is 4.79 Å². The molecule has 0 fully saturated rings. The van der Waals surface area contributed by atoms with E-state index in [4.69, 9.17) is 5.11 Å². The number of aromatic hydroxyl groups is 1. The molecule has 28 heavy (non-hydrogen) atoms. The number of carboxylic acids is 1. The molecule has 0 saturated carbocycles. The van der Waals surface area contributed by atoms with Gasteiger partial charge in [0.2, 0.25) is 5.88 Å². The Hall–Kier alpha value is -1.72. The zero-order valence-corrected chi connectivity index (χ0v) is 17.9. The summed E-state index contributed by atoms with van der Waals surface area (Å²) in [5.41, 5.74) is 0.680. The van der Waals surface area contributed by atoms with E-state index in [1.807, 2.05) is 0 Å². The molecule has 0 aliphatic rings. The fourth-order valence-corrected chi connectivity index (χ4v) is 3.60. The van der Waals surface area contributed by atoms with Gasteiger partial charge in [0.15, 0.2) is 0 Å². The number of imidazole rings is 1. The highest BCUT2D eigenvalue weighted by Gasteiger charge is 2.18. The van der Waals surface area contributed by atoms with Crippen LogP contribution in [0.25, 0.3) is 0 Å². The van der Waals surface area contributed by atoms with Crippen molar-refractivity contribution in [3.05, 3.63) is 16.2 Å². The van der Waals surface area contributed by atoms with Gasteiger partial charge in [-0.25, -0.2) is 4.79 Å². The summed E-state index contributed by atoms with van der Waals surface area (Å²) in [6.45, 7) is 5.45. The Labute approximate surface area is 169 Å². The highest BCUT2D eigenvalue weighted by Crippen LogP contribution is 2.21. The fraction of sp³-hybridized carbons (Fsp3) is 0.818. The quantitative estimate of drug-likeness (QED) is 0.359. The van der Waals surface area contributed by atoms with Gasteiger partial charge in [0.25, 0.3) is 0 Å². The molecule has 0 radical (unpaired) electrons. The Morgan fingerprint density at radius 2 is 1.36 bits per heavy atom. The molecular weight excluding hydrogens is 356 g/mol. The molecule has 162 valence electrons. The van der Waals surface area contributed by atoms with Gasteiger partial charge >= 0.3 is 11.7 Å². The Balaban J connectivity index is 2.66. The van der Waals surface area contributed by atoms with E-state index in [1.165, 1.54) is 30.3 Å². The number of carboxylic acid groups (broad SMARTS) is 1. The number of hydrogen-bond acceptors (Lipinski definition) is 3. The summed E-state index contributed by atoms with van der Waals surface area (Å²) in [5, 5.41) is 19.3. The highest BCUT2D eigenvalue weighted by atomic mass is 16.4. The monoisotopic (exact) mass is 396 g/mol. The van der Waals surface area contributed by atoms with Crippen molar-refractivity contribution in [1.82, 2.24) is 9.13 Å². The number of aliphatic carboxylic acids is 1. The van der Waals surface area contributed by atoms with Crippen LogP contribution in [-0.2, 0) is 24.3 Å². The minimum Gasteiger partial charge on any atom is -0.493 e. The third-order valence-corrected chi connectivity index (χ3v) is 5.33. The van der Waals surface area contributed by atoms with Crippen LogP contribution in [0.3, 0.4) is 0 Å². The average molecular weight is 397 g/mol. The molecule has 0 aromatic carbocycles. The second kappa shape index (κ2) is 14.3. The zero-order valence-electron chi connectivity index (χ0n) is 17.9. The molecule has 0 aliphatic carbocycles. The Kier molecular flexibility index (Phi) is 12.4. The van der Waals surface area contributed by atoms with Gasteiger partial charge in [-0.3, -0.25) is 13.9 Å². The predicted molar refractivity (Wildman–Crippen MR) is 113 cm³/mol. The summed E-state index contributed by atoms with van der Waals surface area (Å²) in [6, 6.07) is 0. The second-order valence-corrected chi connectivity index (χ2v) is 7.79. The number of nitrogens with zero attached hydrogens (tertiary/aromatic N) is 2. The summed E-state index contributed by atoms with van der Waals surface area (Å²) in [4.78, 5) is 23.4. The van der Waals surface area contributed by atoms with Crippen molar-refractivity contribution in [2.45, 2.75) is 117 Å². The van der Waals surface area contributed by atoms with Crippen LogP contribution in [0.4, 0.5) is 0 Å². The van der Waals surface area contributed by atoms with E-state index in [1.54, 1.807) is 4.57 Å². The van der Waals surface area contributed by atoms with E-state index in [0.717, 1.165) is 57.1 Å². The lowest BCUT2D eigenvalue weighted by molar-refractivity contribution is -0.137. The van der Waals surface area contributed by atoms with E-state index >= 15 is 0 Å². The third-order valence-electron chi connectivity index (χ3n) is 5.33. The van der Waals surface area contributed by atoms with Crippen molar-refractivity contribution in [1.29, 1.82) is 0 Å². The van der Waals surface area contributed by atoms with Gasteiger partial charge in [0, 0.05) is 19.5 Å². The third kappa shape index (κ3) is 8.53. The molecular formula is C22H40N2O4. The molecule has 0 saturated heterocycles. The van der Waals surface area contributed by atoms with Gasteiger partial charge in [-0.05, 0) is 32.1 Å². The van der Waals surface area contributed by atoms with Gasteiger partial charge in [-0.1, -0.05) is 65.2 Å². The summed E-state index contributed by atoms with van der Waals surface area (Å²) in [6.07, 6.45) is 13.2. The van der Waals surface area contributed by atoms with Gasteiger partial charge in [-0.2, -0.15) is 0 Å². The normalized spacial score (nSPS) is 11.2. The second-order valence-electron chi connectivity index (χ2n) is 7.79. The molecule has 0 amide bonds. The maximum atomic E-state index is 12.8. The molecule has 1 rings (SSSR count). The van der Waals surface area contributed by atoms with Crippen molar-refractivity contribution < 1.29 is 15.0 Å². The van der Waals surface area contributed by atoms with E-state index in [-0.39, 0.29) is 18.0 Å². The van der Waals surface area contributed by atoms with E-state index in [9.17, 15) is 14.7 Å². The summed E-state index contributed by atoms with van der Waals surface area (Å²) < 4.78 is 3.29. The topological polar surface area (TPSA) is 84.5 Å². The van der Waals surface area contributed by atoms with Gasteiger partial charge in [-0.15, -0.1) is 0 Å². The van der Waals surface area contributed by atoms with E-state index in [2.05, 4.69) is 13.8 Å². The summed E-state index contributed by atoms with van der Waals surface area (Å²) >= 11 is 0. The van der Waals surface area contributed by atoms with Crippen LogP contribution >= 0.6 is 0 Å². The molecule has 0 unspecified atom stereocenters. The smallest absolute Gasteiger partial charge is 0.331 e. The molecule has 1 aromatic heterocycles. The number of unbranched alkanes of at least 4 members (excludes halogenated alkanes) is 9. The molecule has 6 nitrogen and oxygen atoms in total. The standard InChI is InChI=1S/C22H40N2O4/c1-3-5-7-8-9-12-15-19-21(27)24(17-6-4-2)22(28)23(19)18-14-11-10-13-16-20(25)26/h27H,3-18H2,1-2H3,(H,25,26). The van der Waals surface area contributed by atoms with Crippen LogP contribution < -0.4 is 5.69 Å². The van der Waals surface area contributed by atoms with E-state index in [0.29, 0.717) is 19.5 Å². The maximum absolute atomic E-state index is 12.8. The fourth-order valence-electron chi connectivity index (χ4n) is 3.60. The molecule has 0 spiro atoms. The van der Waals surface area contributed by atoms with Crippen LogP contribution in [0, 0.1) is 0 Å². The van der Waals surface area contributed by atoms with Crippen LogP contribution in [0.1, 0.15) is 103 Å². The summed E-state index contributed by atoms with van der Waals surface area (Å²) in [5.74, 6) is -0.603. The first kappa shape index (κ1) is 24.3.